The third-order valence-electron chi connectivity index (χ3n) is 4.28. The molecule has 1 aromatic carbocycles. The van der Waals surface area contributed by atoms with Crippen LogP contribution in [0.2, 0.25) is 0 Å². The van der Waals surface area contributed by atoms with Gasteiger partial charge in [0.25, 0.3) is 0 Å². The number of hydrogen-bond donors (Lipinski definition) is 1. The van der Waals surface area contributed by atoms with Crippen molar-refractivity contribution in [3.8, 4) is 0 Å². The maximum absolute atomic E-state index is 6.11. The number of rotatable bonds is 3. The van der Waals surface area contributed by atoms with Gasteiger partial charge in [-0.2, -0.15) is 11.8 Å². The van der Waals surface area contributed by atoms with Crippen molar-refractivity contribution in [2.45, 2.75) is 39.8 Å². The molecular formula is C16H26N2S. The van der Waals surface area contributed by atoms with Gasteiger partial charge in [0.05, 0.1) is 0 Å². The van der Waals surface area contributed by atoms with E-state index in [0.717, 1.165) is 6.54 Å². The quantitative estimate of drug-likeness (QED) is 0.921. The molecule has 19 heavy (non-hydrogen) atoms. The van der Waals surface area contributed by atoms with Crippen LogP contribution >= 0.6 is 11.8 Å². The molecule has 3 heteroatoms. The van der Waals surface area contributed by atoms with Crippen molar-refractivity contribution in [3.63, 3.8) is 0 Å². The summed E-state index contributed by atoms with van der Waals surface area (Å²) in [5.74, 6) is 2.45. The topological polar surface area (TPSA) is 29.3 Å². The average molecular weight is 278 g/mol. The molecule has 0 aliphatic carbocycles. The van der Waals surface area contributed by atoms with Crippen LogP contribution in [0.4, 0.5) is 0 Å². The maximum Gasteiger partial charge on any atom is 0.0476 e. The molecule has 0 bridgehead atoms. The molecule has 2 atom stereocenters. The van der Waals surface area contributed by atoms with E-state index in [1.165, 1.54) is 33.8 Å². The van der Waals surface area contributed by atoms with Crippen molar-refractivity contribution < 1.29 is 0 Å². The molecule has 2 rings (SSSR count). The van der Waals surface area contributed by atoms with Crippen LogP contribution < -0.4 is 5.73 Å². The van der Waals surface area contributed by atoms with Gasteiger partial charge in [-0.15, -0.1) is 0 Å². The van der Waals surface area contributed by atoms with Gasteiger partial charge in [0.1, 0.15) is 0 Å². The summed E-state index contributed by atoms with van der Waals surface area (Å²) in [5, 5.41) is 0. The number of hydrogen-bond acceptors (Lipinski definition) is 3. The molecular weight excluding hydrogens is 252 g/mol. The summed E-state index contributed by atoms with van der Waals surface area (Å²) in [6.45, 7) is 10.8. The van der Waals surface area contributed by atoms with Crippen molar-refractivity contribution in [1.29, 1.82) is 0 Å². The predicted octanol–water partition coefficient (Wildman–Crippen LogP) is 3.05. The Kier molecular flexibility index (Phi) is 4.93. The SMILES string of the molecule is Cc1cc(C)c(C(CN)N2CCSCC2C)cc1C. The number of nitrogens with zero attached hydrogens (tertiary/aromatic N) is 1. The Morgan fingerprint density at radius 2 is 1.95 bits per heavy atom. The minimum atomic E-state index is 0.371. The second kappa shape index (κ2) is 6.29. The summed E-state index contributed by atoms with van der Waals surface area (Å²) in [6, 6.07) is 5.64. The molecule has 1 heterocycles. The number of aryl methyl sites for hydroxylation is 3. The molecule has 0 aromatic heterocycles. The first-order valence-electron chi connectivity index (χ1n) is 7.16. The lowest BCUT2D eigenvalue weighted by Gasteiger charge is -2.39. The van der Waals surface area contributed by atoms with Crippen LogP contribution in [0.15, 0.2) is 12.1 Å². The molecule has 106 valence electrons. The molecule has 0 radical (unpaired) electrons. The first-order valence-corrected chi connectivity index (χ1v) is 8.31. The van der Waals surface area contributed by atoms with E-state index >= 15 is 0 Å². The monoisotopic (exact) mass is 278 g/mol. The summed E-state index contributed by atoms with van der Waals surface area (Å²) in [4.78, 5) is 2.59. The van der Waals surface area contributed by atoms with E-state index in [4.69, 9.17) is 5.73 Å². The predicted molar refractivity (Wildman–Crippen MR) is 85.9 cm³/mol. The van der Waals surface area contributed by atoms with Crippen LogP contribution in [0.1, 0.15) is 35.2 Å². The lowest BCUT2D eigenvalue weighted by Crippen LogP contribution is -2.45. The molecule has 2 unspecified atom stereocenters. The lowest BCUT2D eigenvalue weighted by molar-refractivity contribution is 0.165. The summed E-state index contributed by atoms with van der Waals surface area (Å²) in [6.07, 6.45) is 0. The van der Waals surface area contributed by atoms with Crippen LogP contribution in [0.3, 0.4) is 0 Å². The van der Waals surface area contributed by atoms with E-state index in [0.29, 0.717) is 18.6 Å². The Bertz CT molecular complexity index is 445. The minimum Gasteiger partial charge on any atom is -0.329 e. The number of benzene rings is 1. The van der Waals surface area contributed by atoms with Gasteiger partial charge in [-0.1, -0.05) is 12.1 Å². The normalized spacial score (nSPS) is 22.5. The van der Waals surface area contributed by atoms with Gasteiger partial charge in [0.15, 0.2) is 0 Å². The number of thioether (sulfide) groups is 1. The van der Waals surface area contributed by atoms with Crippen LogP contribution in [0.5, 0.6) is 0 Å². The van der Waals surface area contributed by atoms with E-state index in [-0.39, 0.29) is 0 Å². The fourth-order valence-electron chi connectivity index (χ4n) is 2.99. The Hall–Kier alpha value is -0.510. The van der Waals surface area contributed by atoms with Gasteiger partial charge < -0.3 is 5.73 Å². The van der Waals surface area contributed by atoms with Crippen LogP contribution in [0.25, 0.3) is 0 Å². The second-order valence-electron chi connectivity index (χ2n) is 5.71. The highest BCUT2D eigenvalue weighted by Gasteiger charge is 2.27. The summed E-state index contributed by atoms with van der Waals surface area (Å²) in [5.41, 5.74) is 11.7. The zero-order chi connectivity index (χ0) is 14.0. The number of nitrogens with two attached hydrogens (primary N) is 1. The Morgan fingerprint density at radius 3 is 2.58 bits per heavy atom. The van der Waals surface area contributed by atoms with Gasteiger partial charge in [-0.25, -0.2) is 0 Å². The van der Waals surface area contributed by atoms with Crippen molar-refractivity contribution in [3.05, 3.63) is 34.4 Å². The van der Waals surface area contributed by atoms with E-state index < -0.39 is 0 Å². The summed E-state index contributed by atoms with van der Waals surface area (Å²) in [7, 11) is 0. The van der Waals surface area contributed by atoms with Gasteiger partial charge in [0, 0.05) is 36.7 Å². The highest BCUT2D eigenvalue weighted by Crippen LogP contribution is 2.30. The first-order chi connectivity index (χ1) is 9.04. The van der Waals surface area contributed by atoms with Crippen LogP contribution in [-0.2, 0) is 0 Å². The summed E-state index contributed by atoms with van der Waals surface area (Å²) < 4.78 is 0. The molecule has 1 aliphatic heterocycles. The molecule has 0 amide bonds. The molecule has 1 saturated heterocycles. The third kappa shape index (κ3) is 3.15. The van der Waals surface area contributed by atoms with Crippen LogP contribution in [0, 0.1) is 20.8 Å². The van der Waals surface area contributed by atoms with Crippen LogP contribution in [-0.4, -0.2) is 35.5 Å². The maximum atomic E-state index is 6.11. The second-order valence-corrected chi connectivity index (χ2v) is 6.86. The lowest BCUT2D eigenvalue weighted by atomic mass is 9.94. The highest BCUT2D eigenvalue weighted by atomic mass is 32.2. The highest BCUT2D eigenvalue weighted by molar-refractivity contribution is 7.99. The van der Waals surface area contributed by atoms with E-state index in [2.05, 4.69) is 56.5 Å². The molecule has 2 N–H and O–H groups in total. The van der Waals surface area contributed by atoms with Gasteiger partial charge in [-0.3, -0.25) is 4.90 Å². The summed E-state index contributed by atoms with van der Waals surface area (Å²) >= 11 is 2.06. The fourth-order valence-corrected chi connectivity index (χ4v) is 4.03. The van der Waals surface area contributed by atoms with Gasteiger partial charge in [-0.05, 0) is 49.9 Å². The minimum absolute atomic E-state index is 0.371. The molecule has 1 fully saturated rings. The molecule has 0 spiro atoms. The van der Waals surface area contributed by atoms with E-state index in [9.17, 15) is 0 Å². The first kappa shape index (κ1) is 14.9. The van der Waals surface area contributed by atoms with Gasteiger partial charge >= 0.3 is 0 Å². The van der Waals surface area contributed by atoms with E-state index in [1.54, 1.807) is 0 Å². The largest absolute Gasteiger partial charge is 0.329 e. The molecule has 1 aromatic rings. The van der Waals surface area contributed by atoms with Crippen molar-refractivity contribution in [2.24, 2.45) is 5.73 Å². The van der Waals surface area contributed by atoms with Crippen molar-refractivity contribution in [1.82, 2.24) is 4.90 Å². The Labute approximate surface area is 121 Å². The third-order valence-corrected chi connectivity index (χ3v) is 5.47. The Balaban J connectivity index is 2.33. The molecule has 0 saturated carbocycles. The van der Waals surface area contributed by atoms with Crippen molar-refractivity contribution >= 4 is 11.8 Å². The van der Waals surface area contributed by atoms with Gasteiger partial charge in [0.2, 0.25) is 0 Å². The standard InChI is InChI=1S/C16H26N2S/c1-11-7-13(3)15(8-12(11)2)16(9-17)18-5-6-19-10-14(18)4/h7-8,14,16H,5-6,9-10,17H2,1-4H3. The van der Waals surface area contributed by atoms with Crippen molar-refractivity contribution in [2.75, 3.05) is 24.6 Å². The zero-order valence-corrected chi connectivity index (χ0v) is 13.4. The smallest absolute Gasteiger partial charge is 0.0476 e. The Morgan fingerprint density at radius 1 is 1.26 bits per heavy atom. The average Bonchev–Trinajstić information content (AvgIpc) is 2.38. The fraction of sp³-hybridized carbons (Fsp3) is 0.625. The zero-order valence-electron chi connectivity index (χ0n) is 12.6. The van der Waals surface area contributed by atoms with E-state index in [1.807, 2.05) is 0 Å². The molecule has 2 nitrogen and oxygen atoms in total. The molecule has 1 aliphatic rings.